The number of benzene rings is 1. The van der Waals surface area contributed by atoms with Crippen molar-refractivity contribution in [3.05, 3.63) is 59.8 Å². The highest BCUT2D eigenvalue weighted by Gasteiger charge is 2.38. The largest absolute Gasteiger partial charge is 0.470 e. The minimum Gasteiger partial charge on any atom is -0.470 e. The van der Waals surface area contributed by atoms with Crippen LogP contribution in [0.3, 0.4) is 0 Å². The summed E-state index contributed by atoms with van der Waals surface area (Å²) in [6.07, 6.45) is -4.71. The van der Waals surface area contributed by atoms with Crippen LogP contribution in [0.15, 0.2) is 48.7 Å². The first-order valence-corrected chi connectivity index (χ1v) is 8.74. The van der Waals surface area contributed by atoms with Crippen molar-refractivity contribution in [3.63, 3.8) is 0 Å². The SMILES string of the molecule is O=C(NCC(=O)N1CC(Oc2ncccc2C(F)(F)F)C1)OCc1ccccc1. The molecule has 0 unspecified atom stereocenters. The molecule has 1 saturated heterocycles. The highest BCUT2D eigenvalue weighted by molar-refractivity contribution is 5.82. The quantitative estimate of drug-likeness (QED) is 0.794. The van der Waals surface area contributed by atoms with Crippen molar-refractivity contribution >= 4 is 12.0 Å². The third-order valence-corrected chi connectivity index (χ3v) is 4.15. The summed E-state index contributed by atoms with van der Waals surface area (Å²) in [4.78, 5) is 28.7. The number of halogens is 3. The van der Waals surface area contributed by atoms with Crippen molar-refractivity contribution in [2.75, 3.05) is 19.6 Å². The Labute approximate surface area is 164 Å². The van der Waals surface area contributed by atoms with Crippen LogP contribution in [0.2, 0.25) is 0 Å². The molecule has 1 aromatic carbocycles. The Morgan fingerprint density at radius 1 is 1.14 bits per heavy atom. The lowest BCUT2D eigenvalue weighted by Crippen LogP contribution is -2.58. The Morgan fingerprint density at radius 2 is 1.86 bits per heavy atom. The zero-order valence-electron chi connectivity index (χ0n) is 15.2. The van der Waals surface area contributed by atoms with Gasteiger partial charge in [-0.1, -0.05) is 30.3 Å². The smallest absolute Gasteiger partial charge is 0.421 e. The van der Waals surface area contributed by atoms with Crippen molar-refractivity contribution < 1.29 is 32.2 Å². The summed E-state index contributed by atoms with van der Waals surface area (Å²) in [5.41, 5.74) is -0.155. The lowest BCUT2D eigenvalue weighted by atomic mass is 10.1. The van der Waals surface area contributed by atoms with E-state index in [9.17, 15) is 22.8 Å². The lowest BCUT2D eigenvalue weighted by Gasteiger charge is -2.38. The predicted molar refractivity (Wildman–Crippen MR) is 94.9 cm³/mol. The second kappa shape index (κ2) is 8.80. The molecule has 0 spiro atoms. The molecule has 29 heavy (non-hydrogen) atoms. The zero-order valence-corrected chi connectivity index (χ0v) is 15.2. The van der Waals surface area contributed by atoms with Gasteiger partial charge in [-0.25, -0.2) is 9.78 Å². The molecular weight excluding hydrogens is 391 g/mol. The number of pyridine rings is 1. The van der Waals surface area contributed by atoms with Gasteiger partial charge in [0.25, 0.3) is 0 Å². The number of hydrogen-bond donors (Lipinski definition) is 1. The van der Waals surface area contributed by atoms with Gasteiger partial charge in [0.15, 0.2) is 0 Å². The van der Waals surface area contributed by atoms with E-state index in [0.717, 1.165) is 11.6 Å². The normalized spacial score (nSPS) is 14.1. The first-order chi connectivity index (χ1) is 13.8. The van der Waals surface area contributed by atoms with Crippen LogP contribution in [-0.2, 0) is 22.3 Å². The number of nitrogens with zero attached hydrogens (tertiary/aromatic N) is 2. The summed E-state index contributed by atoms with van der Waals surface area (Å²) in [5, 5.41) is 2.34. The predicted octanol–water partition coefficient (Wildman–Crippen LogP) is 2.62. The number of ether oxygens (including phenoxy) is 2. The van der Waals surface area contributed by atoms with Gasteiger partial charge in [-0.2, -0.15) is 13.2 Å². The molecule has 2 amide bonds. The number of hydrogen-bond acceptors (Lipinski definition) is 5. The average Bonchev–Trinajstić information content (AvgIpc) is 2.67. The first kappa shape index (κ1) is 20.4. The maximum absolute atomic E-state index is 12.9. The van der Waals surface area contributed by atoms with Gasteiger partial charge < -0.3 is 19.7 Å². The van der Waals surface area contributed by atoms with Crippen LogP contribution in [-0.4, -0.2) is 47.6 Å². The molecule has 1 fully saturated rings. The molecule has 1 aliphatic rings. The van der Waals surface area contributed by atoms with E-state index in [-0.39, 0.29) is 26.2 Å². The fourth-order valence-corrected chi connectivity index (χ4v) is 2.61. The van der Waals surface area contributed by atoms with Crippen molar-refractivity contribution in [2.24, 2.45) is 0 Å². The molecule has 0 atom stereocenters. The third kappa shape index (κ3) is 5.59. The Hall–Kier alpha value is -3.30. The number of likely N-dealkylation sites (tertiary alicyclic amines) is 1. The van der Waals surface area contributed by atoms with Crippen LogP contribution >= 0.6 is 0 Å². The van der Waals surface area contributed by atoms with Crippen LogP contribution in [0.25, 0.3) is 0 Å². The lowest BCUT2D eigenvalue weighted by molar-refractivity contribution is -0.144. The fourth-order valence-electron chi connectivity index (χ4n) is 2.61. The van der Waals surface area contributed by atoms with Gasteiger partial charge in [-0.05, 0) is 17.7 Å². The number of alkyl halides is 3. The van der Waals surface area contributed by atoms with Crippen LogP contribution in [0.5, 0.6) is 5.88 Å². The third-order valence-electron chi connectivity index (χ3n) is 4.15. The monoisotopic (exact) mass is 409 g/mol. The summed E-state index contributed by atoms with van der Waals surface area (Å²) >= 11 is 0. The number of carbonyl (C=O) groups excluding carboxylic acids is 2. The minimum absolute atomic E-state index is 0.0755. The molecule has 0 saturated carbocycles. The van der Waals surface area contributed by atoms with Gasteiger partial charge in [-0.3, -0.25) is 4.79 Å². The molecule has 1 aromatic heterocycles. The second-order valence-electron chi connectivity index (χ2n) is 6.31. The average molecular weight is 409 g/mol. The molecule has 1 N–H and O–H groups in total. The molecule has 1 aliphatic heterocycles. The summed E-state index contributed by atoms with van der Waals surface area (Å²) in [6.45, 7) is 0.00470. The Bertz CT molecular complexity index is 855. The number of rotatable bonds is 6. The van der Waals surface area contributed by atoms with E-state index in [1.54, 1.807) is 12.1 Å². The summed E-state index contributed by atoms with van der Waals surface area (Å²) in [7, 11) is 0. The van der Waals surface area contributed by atoms with E-state index in [2.05, 4.69) is 10.3 Å². The van der Waals surface area contributed by atoms with E-state index in [0.29, 0.717) is 0 Å². The zero-order chi connectivity index (χ0) is 20.9. The van der Waals surface area contributed by atoms with Crippen LogP contribution in [0, 0.1) is 0 Å². The molecule has 7 nitrogen and oxygen atoms in total. The Balaban J connectivity index is 1.39. The maximum atomic E-state index is 12.9. The molecule has 0 bridgehead atoms. The van der Waals surface area contributed by atoms with Crippen molar-refractivity contribution in [2.45, 2.75) is 18.9 Å². The number of amides is 2. The van der Waals surface area contributed by atoms with Crippen molar-refractivity contribution in [1.29, 1.82) is 0 Å². The summed E-state index contributed by atoms with van der Waals surface area (Å²) in [5.74, 6) is -0.904. The fraction of sp³-hybridized carbons (Fsp3) is 0.316. The molecule has 0 radical (unpaired) electrons. The van der Waals surface area contributed by atoms with Gasteiger partial charge in [0, 0.05) is 6.20 Å². The number of aromatic nitrogens is 1. The summed E-state index contributed by atoms with van der Waals surface area (Å²) < 4.78 is 49.1. The number of nitrogens with one attached hydrogen (secondary N) is 1. The van der Waals surface area contributed by atoms with E-state index in [1.807, 2.05) is 18.2 Å². The van der Waals surface area contributed by atoms with Crippen molar-refractivity contribution in [1.82, 2.24) is 15.2 Å². The maximum Gasteiger partial charge on any atom is 0.421 e. The van der Waals surface area contributed by atoms with Gasteiger partial charge in [0.1, 0.15) is 24.8 Å². The van der Waals surface area contributed by atoms with Crippen LogP contribution in [0.4, 0.5) is 18.0 Å². The highest BCUT2D eigenvalue weighted by atomic mass is 19.4. The highest BCUT2D eigenvalue weighted by Crippen LogP contribution is 2.35. The summed E-state index contributed by atoms with van der Waals surface area (Å²) in [6, 6.07) is 11.1. The van der Waals surface area contributed by atoms with Gasteiger partial charge in [-0.15, -0.1) is 0 Å². The van der Waals surface area contributed by atoms with Gasteiger partial charge >= 0.3 is 12.3 Å². The topological polar surface area (TPSA) is 80.8 Å². The van der Waals surface area contributed by atoms with Crippen LogP contribution < -0.4 is 10.1 Å². The van der Waals surface area contributed by atoms with Gasteiger partial charge in [0.2, 0.25) is 11.8 Å². The van der Waals surface area contributed by atoms with E-state index < -0.39 is 35.7 Å². The number of carbonyl (C=O) groups is 2. The minimum atomic E-state index is -4.58. The molecule has 0 aliphatic carbocycles. The van der Waals surface area contributed by atoms with E-state index >= 15 is 0 Å². The van der Waals surface area contributed by atoms with Gasteiger partial charge in [0.05, 0.1) is 13.1 Å². The van der Waals surface area contributed by atoms with E-state index in [1.165, 1.54) is 17.2 Å². The Kier molecular flexibility index (Phi) is 6.20. The van der Waals surface area contributed by atoms with Crippen molar-refractivity contribution in [3.8, 4) is 5.88 Å². The standard InChI is InChI=1S/C19H18F3N3O4/c20-19(21,22)15-7-4-8-23-17(15)29-14-10-25(11-14)16(26)9-24-18(27)28-12-13-5-2-1-3-6-13/h1-8,14H,9-12H2,(H,24,27). The molecule has 3 rings (SSSR count). The first-order valence-electron chi connectivity index (χ1n) is 8.74. The molecule has 154 valence electrons. The number of alkyl carbamates (subject to hydrolysis) is 1. The molecule has 2 heterocycles. The molecular formula is C19H18F3N3O4. The van der Waals surface area contributed by atoms with E-state index in [4.69, 9.17) is 9.47 Å². The van der Waals surface area contributed by atoms with Crippen LogP contribution in [0.1, 0.15) is 11.1 Å². The Morgan fingerprint density at radius 3 is 2.55 bits per heavy atom. The molecule has 10 heteroatoms. The second-order valence-corrected chi connectivity index (χ2v) is 6.31. The molecule has 2 aromatic rings.